The molecule has 2 aromatic carbocycles. The summed E-state index contributed by atoms with van der Waals surface area (Å²) in [5.74, 6) is -6.48. The Kier molecular flexibility index (Phi) is 20.7. The molecule has 34 nitrogen and oxygen atoms in total. The maximum Gasteiger partial charge on any atom is 0.442 e. The molecule has 4 atom stereocenters. The number of halogens is 2. The number of nitrogen functional groups attached to an aromatic ring is 4. The molecule has 91 heavy (non-hydrogen) atoms. The third-order valence-corrected chi connectivity index (χ3v) is 17.1. The number of aryl methyl sites for hydroxylation is 2. The van der Waals surface area contributed by atoms with Crippen molar-refractivity contribution < 1.29 is 84.5 Å². The fourth-order valence-corrected chi connectivity index (χ4v) is 11.9. The largest absolute Gasteiger partial charge is 0.489 e. The normalized spacial score (nSPS) is 17.0. The summed E-state index contributed by atoms with van der Waals surface area (Å²) in [6.07, 6.45) is 1.50. The highest BCUT2D eigenvalue weighted by Crippen LogP contribution is 2.38. The maximum atomic E-state index is 14.0. The van der Waals surface area contributed by atoms with Gasteiger partial charge >= 0.3 is 34.0 Å². The van der Waals surface area contributed by atoms with Crippen LogP contribution in [0.1, 0.15) is 51.9 Å². The molecule has 0 bridgehead atoms. The molecule has 2 saturated heterocycles. The number of hydrogen-bond donors (Lipinski definition) is 10. The lowest BCUT2D eigenvalue weighted by molar-refractivity contribution is -0.740. The molecule has 2 aliphatic rings. The van der Waals surface area contributed by atoms with Gasteiger partial charge in [-0.15, -0.1) is 8.57 Å². The van der Waals surface area contributed by atoms with Crippen molar-refractivity contribution in [2.75, 3.05) is 49.2 Å². The Morgan fingerprint density at radius 3 is 1.31 bits per heavy atom. The van der Waals surface area contributed by atoms with Gasteiger partial charge < -0.3 is 62.9 Å². The Morgan fingerprint density at radius 2 is 1.01 bits per heavy atom. The second-order valence-corrected chi connectivity index (χ2v) is 25.6. The molecule has 0 radical (unpaired) electrons. The van der Waals surface area contributed by atoms with Crippen LogP contribution < -0.4 is 63.9 Å². The molecule has 4 amide bonds. The van der Waals surface area contributed by atoms with E-state index >= 15 is 0 Å². The summed E-state index contributed by atoms with van der Waals surface area (Å²) in [6.45, 7) is 6.09. The van der Waals surface area contributed by atoms with Crippen molar-refractivity contribution in [1.82, 2.24) is 40.1 Å². The minimum Gasteiger partial charge on any atom is -0.489 e. The van der Waals surface area contributed by atoms with Crippen molar-refractivity contribution in [3.8, 4) is 33.8 Å². The molecule has 0 unspecified atom stereocenters. The zero-order valence-electron chi connectivity index (χ0n) is 49.3. The van der Waals surface area contributed by atoms with Crippen LogP contribution in [0, 0.1) is 0 Å². The number of thiazole rings is 2. The second-order valence-electron chi connectivity index (χ2n) is 21.2. The van der Waals surface area contributed by atoms with Gasteiger partial charge in [0.05, 0.1) is 47.7 Å². The number of aromatic nitrogens is 6. The van der Waals surface area contributed by atoms with Gasteiger partial charge in [-0.3, -0.25) is 30.6 Å². The number of aliphatic carboxylic acids is 2. The maximum absolute atomic E-state index is 14.0. The molecular weight excluding hydrogens is 1300 g/mol. The number of rotatable bonds is 30. The average Bonchev–Trinajstić information content (AvgIpc) is 1.35. The van der Waals surface area contributed by atoms with Crippen LogP contribution in [-0.2, 0) is 84.6 Å². The lowest BCUT2D eigenvalue weighted by atomic mass is 9.84. The first-order valence-electron chi connectivity index (χ1n) is 27.2. The molecular formula is C52H64Cl2N18O16S3+2. The molecule has 0 saturated carbocycles. The monoisotopic (exact) mass is 1360 g/mol. The molecule has 6 heterocycles. The van der Waals surface area contributed by atoms with Crippen molar-refractivity contribution in [3.05, 3.63) is 81.0 Å². The standard InChI is InChI=1S/C52H62Cl2N18O16S3/c1-51(2)37(63-43(73)35(33-39(53)89-49(59)61-33)65-85-31(47(77)78)23-83-27-13-9-25(10-14-27)29-21-69(19-7-17-55)67(5)41(29)57)45(75)71(51)87-91(81,82)88-72-46(76)38(52(72,3)4)64-44(74)36(34-40(54)90-50(60)62-34)66-86-32(48(79)80)24-84-28-15-11-26(12-16-28)30-22-70(20-8-18-56)68(6)42(30)58/h9-16,21-22,31-32,37-38,57-58H,7-8,17-20,23-24,55-56H2,1-6H3,(H8,59,60,61,62,63,64,73,74,77,78,79,80)/p+2/b65-35-,66-36-/t31-,32-,37+,38+/m0/s1. The smallest absolute Gasteiger partial charge is 0.442 e. The van der Waals surface area contributed by atoms with E-state index in [2.05, 4.69) is 30.9 Å². The first kappa shape index (κ1) is 68.0. The van der Waals surface area contributed by atoms with E-state index in [1.807, 2.05) is 35.9 Å². The zero-order valence-corrected chi connectivity index (χ0v) is 53.2. The average molecular weight is 1360 g/mol. The van der Waals surface area contributed by atoms with Crippen LogP contribution in [0.5, 0.6) is 11.5 Å². The molecule has 0 aliphatic carbocycles. The number of carboxylic acid groups (broad SMARTS) is 2. The number of ether oxygens (including phenoxy) is 2. The third kappa shape index (κ3) is 14.8. The van der Waals surface area contributed by atoms with E-state index < -0.39 is 106 Å². The van der Waals surface area contributed by atoms with Crippen molar-refractivity contribution in [2.45, 2.75) is 89.0 Å². The van der Waals surface area contributed by atoms with Crippen LogP contribution in [0.4, 0.5) is 21.9 Å². The van der Waals surface area contributed by atoms with E-state index in [1.165, 1.54) is 27.7 Å². The summed E-state index contributed by atoms with van der Waals surface area (Å²) in [5.41, 5.74) is 33.0. The van der Waals surface area contributed by atoms with Gasteiger partial charge in [0.2, 0.25) is 0 Å². The quantitative estimate of drug-likeness (QED) is 0.0123. The van der Waals surface area contributed by atoms with Crippen molar-refractivity contribution in [2.24, 2.45) is 35.9 Å². The number of hydroxylamine groups is 4. The molecule has 16 N–H and O–H groups in total. The highest BCUT2D eigenvalue weighted by Gasteiger charge is 2.61. The summed E-state index contributed by atoms with van der Waals surface area (Å²) in [6, 6.07) is 9.96. The number of nitrogens with two attached hydrogens (primary N) is 6. The summed E-state index contributed by atoms with van der Waals surface area (Å²) < 4.78 is 55.5. The minimum absolute atomic E-state index is 0.141. The first-order chi connectivity index (χ1) is 42.9. The Balaban J connectivity index is 0.883. The Hall–Kier alpha value is -8.95. The van der Waals surface area contributed by atoms with Crippen LogP contribution in [0.15, 0.2) is 71.2 Å². The molecule has 2 aliphatic heterocycles. The second kappa shape index (κ2) is 27.7. The molecule has 8 rings (SSSR count). The van der Waals surface area contributed by atoms with Crippen LogP contribution in [0.3, 0.4) is 0 Å². The van der Waals surface area contributed by atoms with Gasteiger partial charge in [-0.05, 0) is 89.0 Å². The summed E-state index contributed by atoms with van der Waals surface area (Å²) in [7, 11) is -1.80. The van der Waals surface area contributed by atoms with Crippen molar-refractivity contribution >= 4 is 125 Å². The Bertz CT molecular complexity index is 3700. The number of carbonyl (C=O) groups excluding carboxylic acids is 4. The van der Waals surface area contributed by atoms with Gasteiger partial charge in [0.15, 0.2) is 21.7 Å². The Morgan fingerprint density at radius 1 is 0.659 bits per heavy atom. The van der Waals surface area contributed by atoms with Crippen molar-refractivity contribution in [3.63, 3.8) is 0 Å². The van der Waals surface area contributed by atoms with E-state index in [-0.39, 0.29) is 41.8 Å². The zero-order chi connectivity index (χ0) is 66.6. The van der Waals surface area contributed by atoms with Crippen LogP contribution >= 0.6 is 45.9 Å². The van der Waals surface area contributed by atoms with Gasteiger partial charge in [0.25, 0.3) is 35.8 Å². The van der Waals surface area contributed by atoms with Crippen LogP contribution in [-0.4, -0.2) is 157 Å². The highest BCUT2D eigenvalue weighted by atomic mass is 35.5. The minimum atomic E-state index is -5.42. The number of oxime groups is 2. The molecule has 0 spiro atoms. The Labute approximate surface area is 535 Å². The summed E-state index contributed by atoms with van der Waals surface area (Å²) >= 11 is 14.2. The number of anilines is 4. The molecule has 6 aromatic rings. The van der Waals surface area contributed by atoms with E-state index in [9.17, 15) is 47.4 Å². The van der Waals surface area contributed by atoms with E-state index in [1.54, 1.807) is 57.9 Å². The van der Waals surface area contributed by atoms with Gasteiger partial charge in [-0.25, -0.2) is 28.9 Å². The third-order valence-electron chi connectivity index (χ3n) is 14.3. The lowest BCUT2D eigenvalue weighted by Gasteiger charge is -2.52. The molecule has 4 aromatic heterocycles. The van der Waals surface area contributed by atoms with E-state index in [0.717, 1.165) is 57.8 Å². The van der Waals surface area contributed by atoms with Gasteiger partial charge in [-0.2, -0.15) is 27.9 Å². The van der Waals surface area contributed by atoms with Gasteiger partial charge in [0, 0.05) is 0 Å². The number of carbonyl (C=O) groups is 6. The fraction of sp³-hybridized carbons (Fsp3) is 0.385. The fourth-order valence-electron chi connectivity index (χ4n) is 9.10. The van der Waals surface area contributed by atoms with Crippen LogP contribution in [0.2, 0.25) is 8.67 Å². The topological polar surface area (TPSA) is 487 Å². The first-order valence-corrected chi connectivity index (χ1v) is 30.9. The van der Waals surface area contributed by atoms with Crippen LogP contribution in [0.25, 0.3) is 22.3 Å². The molecule has 488 valence electrons. The van der Waals surface area contributed by atoms with E-state index in [4.69, 9.17) is 85.3 Å². The number of amides is 4. The predicted molar refractivity (Wildman–Crippen MR) is 327 cm³/mol. The number of nitrogens with zero attached hydrogens (tertiary/aromatic N) is 10. The SMILES string of the molecule is C[n+]1c(N)c(-c2ccc(OC[C@H](O/N=C(\C(=O)N[C@@H]3C(=O)N(OS(=O)(=O)ON4C(=O)[C@@H](NC(=O)/C(=N\O[C@@H](COc5ccc(-c6cn(CCCN)[n+](C)c6N)cc5)C(=O)O)c5nc(N)sc5Cl)C4(C)C)C3(C)C)c3nc(N)sc3Cl)C(=O)O)cc2)cn1CCCN. The number of nitrogens with one attached hydrogen (secondary N) is 2. The predicted octanol–water partition coefficient (Wildman–Crippen LogP) is 0.0440. The highest BCUT2D eigenvalue weighted by molar-refractivity contribution is 7.81. The molecule has 2 fully saturated rings. The number of hydrogen-bond acceptors (Lipinski definition) is 26. The van der Waals surface area contributed by atoms with Crippen molar-refractivity contribution in [1.29, 1.82) is 0 Å². The number of benzene rings is 2. The summed E-state index contributed by atoms with van der Waals surface area (Å²) in [4.78, 5) is 98.7. The van der Waals surface area contributed by atoms with Gasteiger partial charge in [-0.1, -0.05) is 80.5 Å². The summed E-state index contributed by atoms with van der Waals surface area (Å²) in [5, 5.41) is 32.8. The lowest BCUT2D eigenvalue weighted by Crippen LogP contribution is -2.78. The number of β-lactam (4-membered cyclic amide) rings is 2. The van der Waals surface area contributed by atoms with E-state index in [0.29, 0.717) is 47.9 Å². The number of carboxylic acids is 2. The van der Waals surface area contributed by atoms with Gasteiger partial charge in [0.1, 0.15) is 71.0 Å². The molecule has 39 heteroatoms.